The number of primary amides is 1. The van der Waals surface area contributed by atoms with Crippen LogP contribution in [-0.2, 0) is 4.74 Å². The van der Waals surface area contributed by atoms with Gasteiger partial charge in [-0.3, -0.25) is 0 Å². The lowest BCUT2D eigenvalue weighted by Gasteiger charge is -2.25. The topological polar surface area (TPSA) is 78.3 Å². The van der Waals surface area contributed by atoms with E-state index in [0.717, 1.165) is 25.7 Å². The molecule has 4 nitrogen and oxygen atoms in total. The van der Waals surface area contributed by atoms with E-state index in [9.17, 15) is 4.79 Å². The molecule has 1 rings (SSSR count). The molecule has 64 valence electrons. The molecule has 1 aliphatic rings. The minimum absolute atomic E-state index is 0.0451. The summed E-state index contributed by atoms with van der Waals surface area (Å²) in [5, 5.41) is 0. The van der Waals surface area contributed by atoms with Gasteiger partial charge < -0.3 is 16.2 Å². The predicted molar refractivity (Wildman–Crippen MR) is 40.9 cm³/mol. The van der Waals surface area contributed by atoms with Crippen LogP contribution in [0.1, 0.15) is 25.7 Å². The Morgan fingerprint density at radius 1 is 1.45 bits per heavy atom. The van der Waals surface area contributed by atoms with E-state index in [1.807, 2.05) is 0 Å². The second-order valence-corrected chi connectivity index (χ2v) is 2.99. The van der Waals surface area contributed by atoms with Gasteiger partial charge in [-0.25, -0.2) is 4.79 Å². The Balaban J connectivity index is 2.28. The lowest BCUT2D eigenvalue weighted by molar-refractivity contribution is 0.0777. The van der Waals surface area contributed by atoms with Crippen molar-refractivity contribution >= 4 is 6.09 Å². The number of rotatable bonds is 1. The van der Waals surface area contributed by atoms with Crippen molar-refractivity contribution in [1.82, 2.24) is 0 Å². The van der Waals surface area contributed by atoms with Crippen LogP contribution in [0.4, 0.5) is 4.79 Å². The van der Waals surface area contributed by atoms with Gasteiger partial charge in [0.1, 0.15) is 6.10 Å². The maximum Gasteiger partial charge on any atom is 0.404 e. The molecule has 1 aliphatic carbocycles. The molecular weight excluding hydrogens is 144 g/mol. The molecule has 0 aromatic rings. The zero-order valence-corrected chi connectivity index (χ0v) is 6.45. The molecule has 0 saturated heterocycles. The number of hydrogen-bond donors (Lipinski definition) is 2. The summed E-state index contributed by atoms with van der Waals surface area (Å²) < 4.78 is 4.82. The van der Waals surface area contributed by atoms with Gasteiger partial charge in [0.05, 0.1) is 0 Å². The molecule has 4 N–H and O–H groups in total. The highest BCUT2D eigenvalue weighted by Crippen LogP contribution is 2.19. The fraction of sp³-hybridized carbons (Fsp3) is 0.857. The molecule has 0 heterocycles. The molecule has 0 unspecified atom stereocenters. The summed E-state index contributed by atoms with van der Waals surface area (Å²) in [6.45, 7) is 0. The Morgan fingerprint density at radius 2 is 2.18 bits per heavy atom. The molecule has 11 heavy (non-hydrogen) atoms. The van der Waals surface area contributed by atoms with E-state index in [1.54, 1.807) is 0 Å². The van der Waals surface area contributed by atoms with Crippen molar-refractivity contribution in [3.8, 4) is 0 Å². The number of ether oxygens (including phenoxy) is 1. The van der Waals surface area contributed by atoms with E-state index in [1.165, 1.54) is 0 Å². The van der Waals surface area contributed by atoms with E-state index < -0.39 is 6.09 Å². The average molecular weight is 158 g/mol. The molecule has 0 aromatic carbocycles. The van der Waals surface area contributed by atoms with Gasteiger partial charge in [-0.05, 0) is 25.7 Å². The van der Waals surface area contributed by atoms with Crippen LogP contribution >= 0.6 is 0 Å². The van der Waals surface area contributed by atoms with Crippen LogP contribution in [0.25, 0.3) is 0 Å². The van der Waals surface area contributed by atoms with E-state index >= 15 is 0 Å². The number of hydrogen-bond acceptors (Lipinski definition) is 3. The molecule has 0 radical (unpaired) electrons. The second kappa shape index (κ2) is 3.57. The first-order valence-electron chi connectivity index (χ1n) is 3.90. The fourth-order valence-electron chi connectivity index (χ4n) is 1.45. The van der Waals surface area contributed by atoms with Gasteiger partial charge >= 0.3 is 6.09 Å². The third kappa shape index (κ3) is 2.76. The van der Waals surface area contributed by atoms with Crippen molar-refractivity contribution in [2.45, 2.75) is 37.8 Å². The standard InChI is InChI=1S/C7H14N2O2/c8-5-2-1-3-6(4-5)11-7(9)10/h5-6H,1-4,8H2,(H2,9,10)/t5-,6+/m0/s1. The summed E-state index contributed by atoms with van der Waals surface area (Å²) in [7, 11) is 0. The third-order valence-electron chi connectivity index (χ3n) is 1.95. The Bertz CT molecular complexity index is 149. The molecule has 0 bridgehead atoms. The first-order chi connectivity index (χ1) is 5.18. The predicted octanol–water partition coefficient (Wildman–Crippen LogP) is 0.352. The lowest BCUT2D eigenvalue weighted by atomic mass is 9.94. The monoisotopic (exact) mass is 158 g/mol. The Hall–Kier alpha value is -0.770. The van der Waals surface area contributed by atoms with Crippen LogP contribution in [0.5, 0.6) is 0 Å². The highest BCUT2D eigenvalue weighted by atomic mass is 16.6. The number of nitrogens with two attached hydrogens (primary N) is 2. The van der Waals surface area contributed by atoms with Gasteiger partial charge in [0.2, 0.25) is 0 Å². The summed E-state index contributed by atoms with van der Waals surface area (Å²) in [5.41, 5.74) is 10.5. The normalized spacial score (nSPS) is 31.4. The van der Waals surface area contributed by atoms with Gasteiger partial charge in [-0.1, -0.05) is 0 Å². The first kappa shape index (κ1) is 8.33. The molecule has 4 heteroatoms. The van der Waals surface area contributed by atoms with Crippen molar-refractivity contribution in [2.24, 2.45) is 11.5 Å². The second-order valence-electron chi connectivity index (χ2n) is 2.99. The molecule has 0 aliphatic heterocycles. The molecule has 0 spiro atoms. The summed E-state index contributed by atoms with van der Waals surface area (Å²) >= 11 is 0. The lowest BCUT2D eigenvalue weighted by Crippen LogP contribution is -2.34. The zero-order valence-electron chi connectivity index (χ0n) is 6.45. The zero-order chi connectivity index (χ0) is 8.27. The summed E-state index contributed by atoms with van der Waals surface area (Å²) in [5.74, 6) is 0. The van der Waals surface area contributed by atoms with E-state index in [0.29, 0.717) is 0 Å². The molecule has 0 aromatic heterocycles. The molecule has 1 amide bonds. The number of amides is 1. The van der Waals surface area contributed by atoms with Crippen LogP contribution in [-0.4, -0.2) is 18.2 Å². The van der Waals surface area contributed by atoms with Crippen LogP contribution in [0, 0.1) is 0 Å². The SMILES string of the molecule is NC(=O)O[C@@H]1CCC[C@H](N)C1. The largest absolute Gasteiger partial charge is 0.446 e. The Kier molecular flexibility index (Phi) is 2.70. The van der Waals surface area contributed by atoms with Gasteiger partial charge in [-0.15, -0.1) is 0 Å². The first-order valence-corrected chi connectivity index (χ1v) is 3.90. The van der Waals surface area contributed by atoms with Crippen LogP contribution in [0.2, 0.25) is 0 Å². The maximum atomic E-state index is 10.3. The fourth-order valence-corrected chi connectivity index (χ4v) is 1.45. The third-order valence-corrected chi connectivity index (χ3v) is 1.95. The summed E-state index contributed by atoms with van der Waals surface area (Å²) in [6.07, 6.45) is 2.97. The molecular formula is C7H14N2O2. The van der Waals surface area contributed by atoms with Gasteiger partial charge in [0.25, 0.3) is 0 Å². The molecule has 1 fully saturated rings. The highest BCUT2D eigenvalue weighted by Gasteiger charge is 2.21. The van der Waals surface area contributed by atoms with Crippen molar-refractivity contribution in [2.75, 3.05) is 0 Å². The number of carbonyl (C=O) groups is 1. The van der Waals surface area contributed by atoms with Crippen molar-refractivity contribution in [1.29, 1.82) is 0 Å². The summed E-state index contributed by atoms with van der Waals surface area (Å²) in [4.78, 5) is 10.3. The Morgan fingerprint density at radius 3 is 2.73 bits per heavy atom. The Labute approximate surface area is 65.9 Å². The van der Waals surface area contributed by atoms with E-state index in [-0.39, 0.29) is 12.1 Å². The minimum atomic E-state index is -0.691. The van der Waals surface area contributed by atoms with Crippen molar-refractivity contribution < 1.29 is 9.53 Å². The summed E-state index contributed by atoms with van der Waals surface area (Å²) in [6, 6.07) is 0.174. The van der Waals surface area contributed by atoms with E-state index in [4.69, 9.17) is 16.2 Å². The quantitative estimate of drug-likeness (QED) is 0.578. The van der Waals surface area contributed by atoms with E-state index in [2.05, 4.69) is 0 Å². The average Bonchev–Trinajstić information content (AvgIpc) is 1.85. The molecule has 2 atom stereocenters. The van der Waals surface area contributed by atoms with Crippen molar-refractivity contribution in [3.05, 3.63) is 0 Å². The van der Waals surface area contributed by atoms with Crippen LogP contribution in [0.15, 0.2) is 0 Å². The van der Waals surface area contributed by atoms with Crippen LogP contribution < -0.4 is 11.5 Å². The van der Waals surface area contributed by atoms with Gasteiger partial charge in [0.15, 0.2) is 0 Å². The number of carbonyl (C=O) groups excluding carboxylic acids is 1. The van der Waals surface area contributed by atoms with Gasteiger partial charge in [0, 0.05) is 6.04 Å². The maximum absolute atomic E-state index is 10.3. The smallest absolute Gasteiger partial charge is 0.404 e. The molecule has 1 saturated carbocycles. The van der Waals surface area contributed by atoms with Crippen LogP contribution in [0.3, 0.4) is 0 Å². The van der Waals surface area contributed by atoms with Gasteiger partial charge in [-0.2, -0.15) is 0 Å². The highest BCUT2D eigenvalue weighted by molar-refractivity contribution is 5.64. The minimum Gasteiger partial charge on any atom is -0.446 e. The van der Waals surface area contributed by atoms with Crippen molar-refractivity contribution in [3.63, 3.8) is 0 Å².